The molecule has 0 fully saturated rings. The third kappa shape index (κ3) is 4.35. The van der Waals surface area contributed by atoms with Gasteiger partial charge in [0.25, 0.3) is 5.91 Å². The van der Waals surface area contributed by atoms with E-state index in [1.54, 1.807) is 36.4 Å². The van der Waals surface area contributed by atoms with Gasteiger partial charge in [-0.2, -0.15) is 0 Å². The molecule has 1 amide bonds. The van der Waals surface area contributed by atoms with Crippen molar-refractivity contribution in [3.63, 3.8) is 0 Å². The van der Waals surface area contributed by atoms with Crippen LogP contribution in [0.4, 0.5) is 5.69 Å². The molecule has 0 bridgehead atoms. The standard InChI is InChI=1S/C26H17Cl2N3O2S/c1-14-8-11-21-23(12-14)33-25(29-21)15-9-10-20(28)22(13-15)30-26(34)31-24(32)18-6-2-5-17-16(18)4-3-7-19(17)27/h2-13H,1H3,(H2,30,31,32,34). The Morgan fingerprint density at radius 2 is 1.74 bits per heavy atom. The Morgan fingerprint density at radius 1 is 0.941 bits per heavy atom. The number of anilines is 1. The van der Waals surface area contributed by atoms with Crippen molar-refractivity contribution < 1.29 is 9.21 Å². The molecule has 8 heteroatoms. The molecule has 168 valence electrons. The van der Waals surface area contributed by atoms with Crippen molar-refractivity contribution in [1.82, 2.24) is 10.3 Å². The molecule has 2 N–H and O–H groups in total. The highest BCUT2D eigenvalue weighted by atomic mass is 35.5. The van der Waals surface area contributed by atoms with Crippen LogP contribution in [0.15, 0.2) is 77.2 Å². The first-order valence-electron chi connectivity index (χ1n) is 10.4. The van der Waals surface area contributed by atoms with E-state index < -0.39 is 0 Å². The minimum atomic E-state index is -0.355. The SMILES string of the molecule is Cc1ccc2nc(-c3ccc(Cl)c(NC(=S)NC(=O)c4cccc5c(Cl)cccc45)c3)oc2c1. The predicted molar refractivity (Wildman–Crippen MR) is 142 cm³/mol. The molecule has 5 rings (SSSR count). The van der Waals surface area contributed by atoms with Crippen LogP contribution in [0.25, 0.3) is 33.3 Å². The minimum Gasteiger partial charge on any atom is -0.436 e. The normalized spacial score (nSPS) is 11.0. The third-order valence-electron chi connectivity index (χ3n) is 5.35. The first kappa shape index (κ1) is 22.3. The number of fused-ring (bicyclic) bond motifs is 2. The Kier molecular flexibility index (Phi) is 5.96. The highest BCUT2D eigenvalue weighted by Gasteiger charge is 2.15. The van der Waals surface area contributed by atoms with E-state index in [4.69, 9.17) is 39.8 Å². The van der Waals surface area contributed by atoms with Gasteiger partial charge >= 0.3 is 0 Å². The third-order valence-corrected chi connectivity index (χ3v) is 6.21. The topological polar surface area (TPSA) is 67.2 Å². The highest BCUT2D eigenvalue weighted by Crippen LogP contribution is 2.31. The molecule has 0 aliphatic rings. The molecule has 1 heterocycles. The van der Waals surface area contributed by atoms with E-state index >= 15 is 0 Å². The molecular formula is C26H17Cl2N3O2S. The summed E-state index contributed by atoms with van der Waals surface area (Å²) in [7, 11) is 0. The molecule has 0 unspecified atom stereocenters. The number of benzene rings is 4. The number of aryl methyl sites for hydroxylation is 1. The van der Waals surface area contributed by atoms with E-state index in [0.29, 0.717) is 32.8 Å². The van der Waals surface area contributed by atoms with Crippen LogP contribution >= 0.6 is 35.4 Å². The van der Waals surface area contributed by atoms with Gasteiger partial charge in [-0.1, -0.05) is 53.5 Å². The van der Waals surface area contributed by atoms with Gasteiger partial charge in [-0.3, -0.25) is 10.1 Å². The lowest BCUT2D eigenvalue weighted by Gasteiger charge is -2.13. The Hall–Kier alpha value is -3.45. The van der Waals surface area contributed by atoms with E-state index in [1.807, 2.05) is 43.3 Å². The van der Waals surface area contributed by atoms with Crippen LogP contribution < -0.4 is 10.6 Å². The van der Waals surface area contributed by atoms with Gasteiger partial charge in [0, 0.05) is 21.5 Å². The number of rotatable bonds is 3. The molecule has 0 radical (unpaired) electrons. The summed E-state index contributed by atoms with van der Waals surface area (Å²) in [6.07, 6.45) is 0. The zero-order chi connectivity index (χ0) is 23.8. The minimum absolute atomic E-state index is 0.108. The molecule has 0 saturated carbocycles. The van der Waals surface area contributed by atoms with Crippen molar-refractivity contribution in [2.45, 2.75) is 6.92 Å². The van der Waals surface area contributed by atoms with Crippen LogP contribution in [-0.4, -0.2) is 16.0 Å². The average Bonchev–Trinajstić information content (AvgIpc) is 3.23. The summed E-state index contributed by atoms with van der Waals surface area (Å²) < 4.78 is 5.91. The number of aromatic nitrogens is 1. The lowest BCUT2D eigenvalue weighted by atomic mass is 10.0. The van der Waals surface area contributed by atoms with E-state index in [1.165, 1.54) is 0 Å². The number of oxazole rings is 1. The lowest BCUT2D eigenvalue weighted by molar-refractivity contribution is 0.0979. The number of hydrogen-bond donors (Lipinski definition) is 2. The van der Waals surface area contributed by atoms with Crippen LogP contribution in [0.5, 0.6) is 0 Å². The fraction of sp³-hybridized carbons (Fsp3) is 0.0385. The largest absolute Gasteiger partial charge is 0.436 e. The summed E-state index contributed by atoms with van der Waals surface area (Å²) in [6.45, 7) is 1.99. The van der Waals surface area contributed by atoms with Crippen LogP contribution in [0, 0.1) is 6.92 Å². The van der Waals surface area contributed by atoms with Crippen LogP contribution in [0.3, 0.4) is 0 Å². The van der Waals surface area contributed by atoms with Gasteiger partial charge in [0.1, 0.15) is 5.52 Å². The fourth-order valence-corrected chi connectivity index (χ4v) is 4.31. The Morgan fingerprint density at radius 3 is 2.59 bits per heavy atom. The summed E-state index contributed by atoms with van der Waals surface area (Å²) >= 11 is 18.0. The van der Waals surface area contributed by atoms with Gasteiger partial charge in [0.15, 0.2) is 10.7 Å². The van der Waals surface area contributed by atoms with Crippen LogP contribution in [0.1, 0.15) is 15.9 Å². The molecule has 4 aromatic carbocycles. The maximum absolute atomic E-state index is 12.9. The van der Waals surface area contributed by atoms with Crippen LogP contribution in [-0.2, 0) is 0 Å². The number of nitrogens with one attached hydrogen (secondary N) is 2. The van der Waals surface area contributed by atoms with Crippen molar-refractivity contribution in [2.24, 2.45) is 0 Å². The number of halogens is 2. The van der Waals surface area contributed by atoms with E-state index in [2.05, 4.69) is 15.6 Å². The summed E-state index contributed by atoms with van der Waals surface area (Å²) in [6, 6.07) is 21.9. The molecule has 0 aliphatic carbocycles. The van der Waals surface area contributed by atoms with Gasteiger partial charge < -0.3 is 9.73 Å². The van der Waals surface area contributed by atoms with Crippen molar-refractivity contribution in [1.29, 1.82) is 0 Å². The monoisotopic (exact) mass is 505 g/mol. The quantitative estimate of drug-likeness (QED) is 0.250. The second-order valence-corrected chi connectivity index (χ2v) is 8.96. The number of hydrogen-bond acceptors (Lipinski definition) is 4. The van der Waals surface area contributed by atoms with Gasteiger partial charge in [0.2, 0.25) is 5.89 Å². The second-order valence-electron chi connectivity index (χ2n) is 7.73. The molecule has 1 aromatic heterocycles. The number of amides is 1. The molecule has 5 aromatic rings. The maximum Gasteiger partial charge on any atom is 0.258 e. The summed E-state index contributed by atoms with van der Waals surface area (Å²) in [5.74, 6) is 0.106. The predicted octanol–water partition coefficient (Wildman–Crippen LogP) is 7.39. The Labute approximate surface area is 210 Å². The average molecular weight is 506 g/mol. The molecular weight excluding hydrogens is 489 g/mol. The summed E-state index contributed by atoms with van der Waals surface area (Å²) in [5, 5.41) is 8.35. The molecule has 0 spiro atoms. The van der Waals surface area contributed by atoms with Gasteiger partial charge in [-0.25, -0.2) is 4.98 Å². The molecule has 0 aliphatic heterocycles. The fourth-order valence-electron chi connectivity index (χ4n) is 3.70. The zero-order valence-electron chi connectivity index (χ0n) is 17.9. The first-order valence-corrected chi connectivity index (χ1v) is 11.5. The first-order chi connectivity index (χ1) is 16.4. The molecule has 0 atom stereocenters. The Balaban J connectivity index is 1.38. The lowest BCUT2D eigenvalue weighted by Crippen LogP contribution is -2.34. The van der Waals surface area contributed by atoms with E-state index in [9.17, 15) is 4.79 Å². The molecule has 34 heavy (non-hydrogen) atoms. The molecule has 5 nitrogen and oxygen atoms in total. The second kappa shape index (κ2) is 9.06. The number of carbonyl (C=O) groups excluding carboxylic acids is 1. The van der Waals surface area contributed by atoms with Crippen LogP contribution in [0.2, 0.25) is 10.0 Å². The van der Waals surface area contributed by atoms with E-state index in [0.717, 1.165) is 27.4 Å². The van der Waals surface area contributed by atoms with E-state index in [-0.39, 0.29) is 11.0 Å². The Bertz CT molecular complexity index is 1600. The van der Waals surface area contributed by atoms with Crippen molar-refractivity contribution in [2.75, 3.05) is 5.32 Å². The molecule has 0 saturated heterocycles. The van der Waals surface area contributed by atoms with Crippen molar-refractivity contribution in [3.8, 4) is 11.5 Å². The highest BCUT2D eigenvalue weighted by molar-refractivity contribution is 7.80. The van der Waals surface area contributed by atoms with Gasteiger partial charge in [-0.15, -0.1) is 0 Å². The van der Waals surface area contributed by atoms with Gasteiger partial charge in [-0.05, 0) is 72.6 Å². The summed E-state index contributed by atoms with van der Waals surface area (Å²) in [4.78, 5) is 17.5. The van der Waals surface area contributed by atoms with Gasteiger partial charge in [0.05, 0.1) is 10.7 Å². The summed E-state index contributed by atoms with van der Waals surface area (Å²) in [5.41, 5.74) is 4.26. The van der Waals surface area contributed by atoms with Crippen molar-refractivity contribution in [3.05, 3.63) is 94.0 Å². The number of nitrogens with zero attached hydrogens (tertiary/aromatic N) is 1. The number of thiocarbonyl (C=S) groups is 1. The maximum atomic E-state index is 12.9. The number of carbonyl (C=O) groups is 1. The zero-order valence-corrected chi connectivity index (χ0v) is 20.2. The smallest absolute Gasteiger partial charge is 0.258 e. The van der Waals surface area contributed by atoms with Crippen molar-refractivity contribution >= 4 is 74.0 Å².